The largest absolute Gasteiger partial charge is 0.479 e. The molecule has 41 heteroatoms. The van der Waals surface area contributed by atoms with E-state index in [0.29, 0.717) is 102 Å². The minimum absolute atomic E-state index is 0.000218. The number of imidazole rings is 1. The summed E-state index contributed by atoms with van der Waals surface area (Å²) in [5, 5.41) is 76.7. The number of primary amides is 1. The molecule has 0 spiro atoms. The maximum atomic E-state index is 15.1. The number of carboxylic acid groups (broad SMARTS) is 1. The Labute approximate surface area is 802 Å². The first-order valence-corrected chi connectivity index (χ1v) is 47.0. The van der Waals surface area contributed by atoms with Crippen LogP contribution in [0.1, 0.15) is 156 Å². The molecule has 0 radical (unpaired) electrons. The molecule has 0 bridgehead atoms. The number of fused-ring (bicyclic) bond motifs is 1. The molecular weight excluding hydrogens is 1800 g/mol. The van der Waals surface area contributed by atoms with Crippen LogP contribution in [-0.4, -0.2) is 293 Å². The number of hydrogen-bond acceptors (Lipinski definition) is 26. The van der Waals surface area contributed by atoms with E-state index in [9.17, 15) is 73.5 Å². The highest BCUT2D eigenvalue weighted by molar-refractivity contribution is 6.31. The average molecular weight is 1940 g/mol. The fourth-order valence-corrected chi connectivity index (χ4v) is 17.7. The highest BCUT2D eigenvalue weighted by Gasteiger charge is 2.50. The molecule has 3 aliphatic rings. The quantitative estimate of drug-likeness (QED) is 0.0181. The first kappa shape index (κ1) is 109. The SMILES string of the molecule is CC[C@H](C)[C@@H]([C@@H](CC(=O)N1CCC[C@H]1[C@H](OC)[C@@H](C)C(=O)N[C@H](C)[C@@H](O)c1ccccc1)OC)N(C)C(=O)[C@@H](NC(=O)[C@H](C(C)C)N(C)C(=O)OCc1ccc(NC(=O)[C@H](CCCNC(N)=O)NC(=O)[C@@H](NC(=O)CCOCCC(=O)NCCNc2ncc(-c3cc(C)cc(F)c3)c(N3CCC(N)CC3)c2-c2nc3ccc(Cl)cc3[nH]2)C(C)C)c(O[C@@H]2O[C@H](C(=O)O)[C@@H](O)[C@H](O)[C@H]2O)c1)C(C)C. The molecule has 3 fully saturated rings. The lowest BCUT2D eigenvalue weighted by atomic mass is 9.89. The summed E-state index contributed by atoms with van der Waals surface area (Å²) in [6.07, 6.45) is -10.2. The molecule has 5 heterocycles. The van der Waals surface area contributed by atoms with Crippen LogP contribution >= 0.6 is 11.6 Å². The highest BCUT2D eigenvalue weighted by Crippen LogP contribution is 2.45. The molecule has 9 rings (SSSR count). The number of nitrogens with one attached hydrogen (secondary N) is 9. The van der Waals surface area contributed by atoms with Crippen LogP contribution in [-0.2, 0) is 73.4 Å². The zero-order valence-electron chi connectivity index (χ0n) is 80.5. The summed E-state index contributed by atoms with van der Waals surface area (Å²) >= 11 is 6.41. The van der Waals surface area contributed by atoms with Crippen LogP contribution in [0.3, 0.4) is 0 Å². The maximum absolute atomic E-state index is 15.1. The summed E-state index contributed by atoms with van der Waals surface area (Å²) in [6, 6.07) is 14.9. The number of likely N-dealkylation sites (tertiary alicyclic amines) is 1. The molecule has 3 aliphatic heterocycles. The first-order chi connectivity index (χ1) is 65.1. The molecule has 18 N–H and O–H groups in total. The first-order valence-electron chi connectivity index (χ1n) is 46.6. The predicted molar refractivity (Wildman–Crippen MR) is 509 cm³/mol. The third kappa shape index (κ3) is 29.3. The number of aliphatic hydroxyl groups excluding tert-OH is 4. The fraction of sp³-hybridized carbons (Fsp3) is 0.573. The van der Waals surface area contributed by atoms with Crippen molar-refractivity contribution in [1.29, 1.82) is 0 Å². The van der Waals surface area contributed by atoms with Crippen LogP contribution in [0.25, 0.3) is 33.5 Å². The van der Waals surface area contributed by atoms with Gasteiger partial charge in [0.15, 0.2) is 6.10 Å². The van der Waals surface area contributed by atoms with Gasteiger partial charge >= 0.3 is 18.1 Å². The van der Waals surface area contributed by atoms with Gasteiger partial charge in [0.1, 0.15) is 72.3 Å². The number of aromatic nitrogens is 3. The summed E-state index contributed by atoms with van der Waals surface area (Å²) in [7, 11) is 5.83. The maximum Gasteiger partial charge on any atom is 0.410 e. The van der Waals surface area contributed by atoms with Crippen molar-refractivity contribution < 1.29 is 111 Å². The molecule has 0 unspecified atom stereocenters. The Morgan fingerprint density at radius 2 is 1.43 bits per heavy atom. The molecule has 0 aliphatic carbocycles. The van der Waals surface area contributed by atoms with Crippen LogP contribution in [0.5, 0.6) is 5.75 Å². The number of aryl methyl sites for hydroxylation is 1. The Hall–Kier alpha value is -11.5. The number of aliphatic hydroxyl groups is 4. The number of carbonyl (C=O) groups is 11. The number of hydrogen-bond donors (Lipinski definition) is 16. The number of aliphatic carboxylic acids is 1. The number of halogens is 2. The van der Waals surface area contributed by atoms with Gasteiger partial charge in [-0.2, -0.15) is 0 Å². The molecule has 17 atom stereocenters. The van der Waals surface area contributed by atoms with Gasteiger partial charge in [0.05, 0.1) is 90.0 Å². The Morgan fingerprint density at radius 3 is 2.07 bits per heavy atom. The van der Waals surface area contributed by atoms with Crippen LogP contribution in [0.15, 0.2) is 91.1 Å². The van der Waals surface area contributed by atoms with E-state index in [1.807, 2.05) is 32.9 Å². The van der Waals surface area contributed by atoms with Crippen molar-refractivity contribution in [3.63, 3.8) is 0 Å². The molecule has 2 aromatic heterocycles. The second-order valence-electron chi connectivity index (χ2n) is 36.5. The minimum atomic E-state index is -2.16. The number of rotatable bonds is 48. The number of piperidine rings is 1. The topological polar surface area (TPSA) is 547 Å². The number of ether oxygens (including phenoxy) is 6. The molecule has 39 nitrogen and oxygen atoms in total. The number of urea groups is 1. The number of amides is 11. The summed E-state index contributed by atoms with van der Waals surface area (Å²) in [5.74, 6) is -9.11. The van der Waals surface area contributed by atoms with Crippen molar-refractivity contribution in [1.82, 2.24) is 61.6 Å². The summed E-state index contributed by atoms with van der Waals surface area (Å²) in [6.45, 7) is 20.2. The number of likely N-dealkylation sites (N-methyl/N-ethyl adjacent to an activating group) is 2. The molecule has 752 valence electrons. The van der Waals surface area contributed by atoms with Gasteiger partial charge in [0.2, 0.25) is 53.5 Å². The monoisotopic (exact) mass is 1930 g/mol. The second kappa shape index (κ2) is 51.3. The normalized spacial score (nSPS) is 19.3. The summed E-state index contributed by atoms with van der Waals surface area (Å²) < 4.78 is 50.2. The van der Waals surface area contributed by atoms with Crippen LogP contribution < -0.4 is 63.6 Å². The number of carboxylic acids is 1. The van der Waals surface area contributed by atoms with Gasteiger partial charge in [0.25, 0.3) is 0 Å². The number of carbonyl (C=O) groups excluding carboxylic acids is 10. The van der Waals surface area contributed by atoms with Gasteiger partial charge in [-0.1, -0.05) is 123 Å². The van der Waals surface area contributed by atoms with Gasteiger partial charge in [0, 0.05) is 103 Å². The van der Waals surface area contributed by atoms with Crippen LogP contribution in [0.2, 0.25) is 5.02 Å². The predicted octanol–water partition coefficient (Wildman–Crippen LogP) is 6.52. The number of anilines is 3. The Kier molecular flexibility index (Phi) is 40.9. The zero-order valence-corrected chi connectivity index (χ0v) is 81.2. The Bertz CT molecular complexity index is 5090. The number of pyridine rings is 1. The fourth-order valence-electron chi connectivity index (χ4n) is 17.5. The molecule has 137 heavy (non-hydrogen) atoms. The molecule has 4 aromatic carbocycles. The van der Waals surface area contributed by atoms with Gasteiger partial charge in [-0.05, 0) is 141 Å². The minimum Gasteiger partial charge on any atom is -0.479 e. The average Bonchev–Trinajstić information content (AvgIpc) is 1.70. The molecule has 11 amide bonds. The van der Waals surface area contributed by atoms with Crippen molar-refractivity contribution in [2.45, 2.75) is 244 Å². The lowest BCUT2D eigenvalue weighted by Crippen LogP contribution is -2.61. The third-order valence-corrected chi connectivity index (χ3v) is 25.5. The van der Waals surface area contributed by atoms with Crippen molar-refractivity contribution in [2.24, 2.45) is 41.1 Å². The van der Waals surface area contributed by atoms with E-state index < -0.39 is 181 Å². The molecular formula is C96H137ClFN17O22. The number of nitrogens with two attached hydrogens (primary N) is 2. The van der Waals surface area contributed by atoms with Gasteiger partial charge in [-0.25, -0.2) is 28.7 Å². The number of aromatic amines is 1. The smallest absolute Gasteiger partial charge is 0.410 e. The van der Waals surface area contributed by atoms with Gasteiger partial charge in [-0.15, -0.1) is 0 Å². The van der Waals surface area contributed by atoms with E-state index in [0.717, 1.165) is 16.2 Å². The lowest BCUT2D eigenvalue weighted by molar-refractivity contribution is -0.271. The number of methoxy groups -OCH3 is 2. The highest BCUT2D eigenvalue weighted by atomic mass is 35.5. The van der Waals surface area contributed by atoms with Crippen molar-refractivity contribution >= 4 is 105 Å². The van der Waals surface area contributed by atoms with E-state index in [-0.39, 0.29) is 106 Å². The lowest BCUT2D eigenvalue weighted by Gasteiger charge is -2.41. The van der Waals surface area contributed by atoms with Crippen molar-refractivity contribution in [2.75, 3.05) is 96.3 Å². The molecule has 3 saturated heterocycles. The van der Waals surface area contributed by atoms with Crippen molar-refractivity contribution in [3.05, 3.63) is 119 Å². The number of H-pyrrole nitrogens is 1. The summed E-state index contributed by atoms with van der Waals surface area (Å²) in [4.78, 5) is 172. The second-order valence-corrected chi connectivity index (χ2v) is 36.9. The number of nitrogens with zero attached hydrogens (tertiary/aromatic N) is 6. The van der Waals surface area contributed by atoms with E-state index >= 15 is 9.18 Å². The third-order valence-electron chi connectivity index (χ3n) is 25.3. The standard InChI is InChI=1S/C96H137ClFN17O22/c1-16-54(9)78(70(132-14)47-73(118)115-37-21-25-68(115)84(133-15)55(10)88(123)105-56(11)80(119)58-22-18-17-19-23-58)112(12)92(127)76(51(4)5)111-91(126)77(52(6)7)113(13)96(131)135-49-57-26-28-65(69(44-57)136-94-83(122)81(120)82(121)85(137-94)93(128)129)108-89(124)66(24-20-34-103-95(100)130)109-90(125)75(50(2)3)110-72(117)33-41-134-40-32-71(116)101-35-36-102-86-74(87-106-64-29-27-60(97)46-67(64)107-87)79(114-38-30-62(99)31-39-114)63(48-104-86)59-42-53(8)43-61(98)45-59/h17-19,22-23,26-29,42-46,48,50-52,54-56,62,66,68,70,75-78,80-85,94,119-122H,16,20-21,24-25,30-41,47,49,99H2,1-15H3,(H,101,116)(H,102,104)(H,105,123)(H,106,107)(H,108,124)(H,109,125)(H,110,117)(H,111,126)(H,128,129)(H3,100,103,130)/t54-,55+,56+,66-,68-,70+,75-,76-,77-,78-,80+,81-,82-,83+,84+,85-,94+/m0/s1. The Morgan fingerprint density at radius 1 is 0.737 bits per heavy atom. The zero-order chi connectivity index (χ0) is 101. The van der Waals surface area contributed by atoms with Gasteiger partial charge < -0.3 is 128 Å². The van der Waals surface area contributed by atoms with Gasteiger partial charge in [-0.3, -0.25) is 43.3 Å². The molecule has 0 saturated carbocycles. The van der Waals surface area contributed by atoms with Crippen LogP contribution in [0.4, 0.5) is 31.2 Å². The molecule has 6 aromatic rings. The number of benzene rings is 4. The Balaban J connectivity index is 0.821. The van der Waals surface area contributed by atoms with E-state index in [1.165, 1.54) is 56.5 Å². The summed E-state index contributed by atoms with van der Waals surface area (Å²) in [5.41, 5.74) is 17.0. The van der Waals surface area contributed by atoms with E-state index in [2.05, 4.69) is 52.4 Å². The van der Waals surface area contributed by atoms with E-state index in [4.69, 9.17) is 61.5 Å². The van der Waals surface area contributed by atoms with Crippen molar-refractivity contribution in [3.8, 4) is 28.3 Å². The van der Waals surface area contributed by atoms with Crippen LogP contribution in [0, 0.1) is 42.3 Å². The van der Waals surface area contributed by atoms with E-state index in [1.54, 1.807) is 116 Å².